The summed E-state index contributed by atoms with van der Waals surface area (Å²) in [4.78, 5) is 26.8. The zero-order valence-electron chi connectivity index (χ0n) is 12.1. The van der Waals surface area contributed by atoms with Crippen LogP contribution in [-0.4, -0.2) is 54.5 Å². The molecule has 3 amide bonds. The molecule has 0 aromatic heterocycles. The van der Waals surface area contributed by atoms with Gasteiger partial charge in [-0.25, -0.2) is 4.79 Å². The van der Waals surface area contributed by atoms with E-state index in [-0.39, 0.29) is 11.9 Å². The van der Waals surface area contributed by atoms with Crippen molar-refractivity contribution < 1.29 is 9.59 Å². The van der Waals surface area contributed by atoms with Gasteiger partial charge in [-0.05, 0) is 24.1 Å². The number of carbonyl (C=O) groups is 2. The summed E-state index contributed by atoms with van der Waals surface area (Å²) in [6.07, 6.45) is 0.812. The van der Waals surface area contributed by atoms with Crippen LogP contribution in [-0.2, 0) is 11.2 Å². The molecule has 0 aliphatic carbocycles. The molecule has 114 valence electrons. The van der Waals surface area contributed by atoms with E-state index < -0.39 is 0 Å². The molecular formula is C15H20BrN3O2. The SMILES string of the molecule is CC(=O)N1CCN(C(=O)NCCc2ccc(Br)cc2)CC1. The largest absolute Gasteiger partial charge is 0.339 e. The summed E-state index contributed by atoms with van der Waals surface area (Å²) >= 11 is 3.40. The molecule has 0 bridgehead atoms. The van der Waals surface area contributed by atoms with Crippen LogP contribution in [0.2, 0.25) is 0 Å². The van der Waals surface area contributed by atoms with E-state index in [1.807, 2.05) is 24.3 Å². The first-order valence-electron chi connectivity index (χ1n) is 7.09. The second-order valence-electron chi connectivity index (χ2n) is 5.10. The first-order valence-corrected chi connectivity index (χ1v) is 7.88. The summed E-state index contributed by atoms with van der Waals surface area (Å²) in [6, 6.07) is 8.04. The van der Waals surface area contributed by atoms with Gasteiger partial charge in [-0.1, -0.05) is 28.1 Å². The van der Waals surface area contributed by atoms with Gasteiger partial charge in [0.15, 0.2) is 0 Å². The molecule has 1 aliphatic rings. The molecule has 21 heavy (non-hydrogen) atoms. The minimum atomic E-state index is -0.0460. The lowest BCUT2D eigenvalue weighted by molar-refractivity contribution is -0.130. The molecular weight excluding hydrogens is 334 g/mol. The number of rotatable bonds is 3. The second-order valence-corrected chi connectivity index (χ2v) is 6.02. The van der Waals surface area contributed by atoms with Crippen LogP contribution >= 0.6 is 15.9 Å². The number of carbonyl (C=O) groups excluding carboxylic acids is 2. The molecule has 5 nitrogen and oxygen atoms in total. The molecule has 1 N–H and O–H groups in total. The smallest absolute Gasteiger partial charge is 0.317 e. The highest BCUT2D eigenvalue weighted by atomic mass is 79.9. The van der Waals surface area contributed by atoms with Gasteiger partial charge in [-0.15, -0.1) is 0 Å². The molecule has 1 aromatic rings. The van der Waals surface area contributed by atoms with E-state index in [1.165, 1.54) is 5.56 Å². The van der Waals surface area contributed by atoms with E-state index in [1.54, 1.807) is 16.7 Å². The van der Waals surface area contributed by atoms with Crippen molar-refractivity contribution in [2.75, 3.05) is 32.7 Å². The number of benzene rings is 1. The predicted octanol–water partition coefficient (Wildman–Crippen LogP) is 1.87. The van der Waals surface area contributed by atoms with Crippen molar-refractivity contribution in [3.05, 3.63) is 34.3 Å². The van der Waals surface area contributed by atoms with Crippen molar-refractivity contribution in [1.82, 2.24) is 15.1 Å². The Morgan fingerprint density at radius 1 is 1.10 bits per heavy atom. The maximum Gasteiger partial charge on any atom is 0.317 e. The third-order valence-corrected chi connectivity index (χ3v) is 4.14. The number of piperazine rings is 1. The standard InChI is InChI=1S/C15H20BrN3O2/c1-12(20)18-8-10-19(11-9-18)15(21)17-7-6-13-2-4-14(16)5-3-13/h2-5H,6-11H2,1H3,(H,17,21). The zero-order valence-corrected chi connectivity index (χ0v) is 13.7. The van der Waals surface area contributed by atoms with Gasteiger partial charge in [0.2, 0.25) is 5.91 Å². The predicted molar refractivity (Wildman–Crippen MR) is 85.1 cm³/mol. The molecule has 0 radical (unpaired) electrons. The van der Waals surface area contributed by atoms with E-state index in [9.17, 15) is 9.59 Å². The average molecular weight is 354 g/mol. The van der Waals surface area contributed by atoms with Gasteiger partial charge in [0.05, 0.1) is 0 Å². The third kappa shape index (κ3) is 4.74. The fraction of sp³-hybridized carbons (Fsp3) is 0.467. The van der Waals surface area contributed by atoms with Gasteiger partial charge in [0.25, 0.3) is 0 Å². The zero-order chi connectivity index (χ0) is 15.2. The highest BCUT2D eigenvalue weighted by molar-refractivity contribution is 9.10. The van der Waals surface area contributed by atoms with E-state index in [2.05, 4.69) is 21.2 Å². The van der Waals surface area contributed by atoms with Crippen molar-refractivity contribution >= 4 is 27.9 Å². The molecule has 0 saturated carbocycles. The van der Waals surface area contributed by atoms with Gasteiger partial charge in [-0.2, -0.15) is 0 Å². The van der Waals surface area contributed by atoms with Crippen molar-refractivity contribution in [3.8, 4) is 0 Å². The lowest BCUT2D eigenvalue weighted by Crippen LogP contribution is -2.52. The number of hydrogen-bond acceptors (Lipinski definition) is 2. The van der Waals surface area contributed by atoms with Crippen LogP contribution < -0.4 is 5.32 Å². The molecule has 0 unspecified atom stereocenters. The lowest BCUT2D eigenvalue weighted by Gasteiger charge is -2.34. The summed E-state index contributed by atoms with van der Waals surface area (Å²) < 4.78 is 1.05. The summed E-state index contributed by atoms with van der Waals surface area (Å²) in [5, 5.41) is 2.93. The van der Waals surface area contributed by atoms with Gasteiger partial charge in [0.1, 0.15) is 0 Å². The Labute approximate surface area is 133 Å². The van der Waals surface area contributed by atoms with Crippen LogP contribution in [0, 0.1) is 0 Å². The number of urea groups is 1. The number of amides is 3. The summed E-state index contributed by atoms with van der Waals surface area (Å²) in [7, 11) is 0. The lowest BCUT2D eigenvalue weighted by atomic mass is 10.1. The second kappa shape index (κ2) is 7.45. The van der Waals surface area contributed by atoms with Gasteiger partial charge in [-0.3, -0.25) is 4.79 Å². The summed E-state index contributed by atoms with van der Waals surface area (Å²) in [5.41, 5.74) is 1.19. The number of hydrogen-bond donors (Lipinski definition) is 1. The summed E-state index contributed by atoms with van der Waals surface area (Å²) in [6.45, 7) is 4.62. The van der Waals surface area contributed by atoms with Crippen LogP contribution in [0.15, 0.2) is 28.7 Å². The van der Waals surface area contributed by atoms with E-state index in [0.717, 1.165) is 10.9 Å². The molecule has 1 heterocycles. The van der Waals surface area contributed by atoms with Crippen molar-refractivity contribution in [3.63, 3.8) is 0 Å². The van der Waals surface area contributed by atoms with Crippen LogP contribution in [0.1, 0.15) is 12.5 Å². The highest BCUT2D eigenvalue weighted by Gasteiger charge is 2.21. The van der Waals surface area contributed by atoms with Gasteiger partial charge < -0.3 is 15.1 Å². The summed E-state index contributed by atoms with van der Waals surface area (Å²) in [5.74, 6) is 0.0743. The maximum atomic E-state index is 12.0. The Bertz CT molecular complexity index is 496. The van der Waals surface area contributed by atoms with Crippen LogP contribution in [0.25, 0.3) is 0 Å². The topological polar surface area (TPSA) is 52.7 Å². The first-order chi connectivity index (χ1) is 10.1. The monoisotopic (exact) mass is 353 g/mol. The van der Waals surface area contributed by atoms with E-state index in [0.29, 0.717) is 32.7 Å². The number of nitrogens with zero attached hydrogens (tertiary/aromatic N) is 2. The van der Waals surface area contributed by atoms with E-state index >= 15 is 0 Å². The van der Waals surface area contributed by atoms with Crippen LogP contribution in [0.3, 0.4) is 0 Å². The molecule has 1 fully saturated rings. The first kappa shape index (κ1) is 15.8. The quantitative estimate of drug-likeness (QED) is 0.901. The fourth-order valence-corrected chi connectivity index (χ4v) is 2.57. The van der Waals surface area contributed by atoms with Crippen molar-refractivity contribution in [2.45, 2.75) is 13.3 Å². The third-order valence-electron chi connectivity index (χ3n) is 3.62. The van der Waals surface area contributed by atoms with Crippen molar-refractivity contribution in [2.24, 2.45) is 0 Å². The minimum Gasteiger partial charge on any atom is -0.339 e. The average Bonchev–Trinajstić information content (AvgIpc) is 2.49. The van der Waals surface area contributed by atoms with Crippen molar-refractivity contribution in [1.29, 1.82) is 0 Å². The Morgan fingerprint density at radius 2 is 1.67 bits per heavy atom. The van der Waals surface area contributed by atoms with E-state index in [4.69, 9.17) is 0 Å². The Kier molecular flexibility index (Phi) is 5.61. The molecule has 6 heteroatoms. The van der Waals surface area contributed by atoms with Crippen LogP contribution in [0.4, 0.5) is 4.79 Å². The molecule has 1 aromatic carbocycles. The highest BCUT2D eigenvalue weighted by Crippen LogP contribution is 2.10. The molecule has 0 spiro atoms. The normalized spacial score (nSPS) is 15.0. The minimum absolute atomic E-state index is 0.0460. The maximum absolute atomic E-state index is 12.0. The Morgan fingerprint density at radius 3 is 2.24 bits per heavy atom. The molecule has 2 rings (SSSR count). The molecule has 1 aliphatic heterocycles. The van der Waals surface area contributed by atoms with Gasteiger partial charge >= 0.3 is 6.03 Å². The number of nitrogens with one attached hydrogen (secondary N) is 1. The van der Waals surface area contributed by atoms with Gasteiger partial charge in [0, 0.05) is 44.1 Å². The van der Waals surface area contributed by atoms with Crippen LogP contribution in [0.5, 0.6) is 0 Å². The molecule has 0 atom stereocenters. The molecule has 1 saturated heterocycles. The Hall–Kier alpha value is -1.56. The number of halogens is 1. The fourth-order valence-electron chi connectivity index (χ4n) is 2.30. The Balaban J connectivity index is 1.70.